The van der Waals surface area contributed by atoms with Gasteiger partial charge in [0, 0.05) is 24.6 Å². The van der Waals surface area contributed by atoms with Crippen LogP contribution >= 0.6 is 0 Å². The summed E-state index contributed by atoms with van der Waals surface area (Å²) in [6.45, 7) is 0.313. The lowest BCUT2D eigenvalue weighted by molar-refractivity contribution is -0.126. The van der Waals surface area contributed by atoms with E-state index in [-0.39, 0.29) is 12.3 Å². The molecule has 2 aromatic rings. The van der Waals surface area contributed by atoms with E-state index in [0.717, 1.165) is 5.56 Å². The smallest absolute Gasteiger partial charge is 0.337 e. The van der Waals surface area contributed by atoms with Gasteiger partial charge in [-0.2, -0.15) is 0 Å². The molecular formula is C17H17N3O4. The van der Waals surface area contributed by atoms with Crippen LogP contribution in [0.25, 0.3) is 0 Å². The molecule has 124 valence electrons. The first kappa shape index (κ1) is 17.1. The molecular weight excluding hydrogens is 310 g/mol. The van der Waals surface area contributed by atoms with Crippen LogP contribution in [0.1, 0.15) is 22.3 Å². The zero-order valence-corrected chi connectivity index (χ0v) is 13.1. The summed E-state index contributed by atoms with van der Waals surface area (Å²) in [5.41, 5.74) is 1.72. The van der Waals surface area contributed by atoms with E-state index in [1.54, 1.807) is 30.6 Å². The number of nitrogens with one attached hydrogen (secondary N) is 2. The maximum absolute atomic E-state index is 11.8. The maximum atomic E-state index is 11.8. The van der Waals surface area contributed by atoms with Crippen LogP contribution in [0.4, 0.5) is 5.69 Å². The van der Waals surface area contributed by atoms with Gasteiger partial charge in [-0.3, -0.25) is 14.6 Å². The Hall–Kier alpha value is -3.22. The van der Waals surface area contributed by atoms with Crippen molar-refractivity contribution in [2.45, 2.75) is 13.0 Å². The topological polar surface area (TPSA) is 97.4 Å². The van der Waals surface area contributed by atoms with Gasteiger partial charge in [-0.1, -0.05) is 6.07 Å². The van der Waals surface area contributed by atoms with Crippen LogP contribution in [0.5, 0.6) is 0 Å². The van der Waals surface area contributed by atoms with E-state index in [9.17, 15) is 14.4 Å². The first-order valence-electron chi connectivity index (χ1n) is 7.22. The zero-order valence-electron chi connectivity index (χ0n) is 13.1. The van der Waals surface area contributed by atoms with Crippen molar-refractivity contribution in [3.63, 3.8) is 0 Å². The molecule has 2 rings (SSSR count). The molecule has 0 bridgehead atoms. The number of anilines is 1. The van der Waals surface area contributed by atoms with Crippen molar-refractivity contribution >= 4 is 23.5 Å². The van der Waals surface area contributed by atoms with Gasteiger partial charge >= 0.3 is 5.97 Å². The Kier molecular flexibility index (Phi) is 6.01. The van der Waals surface area contributed by atoms with Crippen LogP contribution in [0, 0.1) is 0 Å². The summed E-state index contributed by atoms with van der Waals surface area (Å²) in [6, 6.07) is 9.80. The largest absolute Gasteiger partial charge is 0.465 e. The molecule has 0 aliphatic rings. The Morgan fingerprint density at radius 3 is 2.46 bits per heavy atom. The average Bonchev–Trinajstić information content (AvgIpc) is 2.60. The first-order valence-corrected chi connectivity index (χ1v) is 7.22. The van der Waals surface area contributed by atoms with E-state index >= 15 is 0 Å². The molecule has 0 fully saturated rings. The minimum atomic E-state index is -0.456. The van der Waals surface area contributed by atoms with Crippen LogP contribution in [0.2, 0.25) is 0 Å². The van der Waals surface area contributed by atoms with Gasteiger partial charge in [0.1, 0.15) is 6.42 Å². The second-order valence-electron chi connectivity index (χ2n) is 4.93. The van der Waals surface area contributed by atoms with Crippen molar-refractivity contribution in [2.24, 2.45) is 0 Å². The number of amides is 2. The van der Waals surface area contributed by atoms with Crippen molar-refractivity contribution in [1.82, 2.24) is 10.3 Å². The summed E-state index contributed by atoms with van der Waals surface area (Å²) < 4.78 is 4.59. The molecule has 24 heavy (non-hydrogen) atoms. The summed E-state index contributed by atoms with van der Waals surface area (Å²) in [4.78, 5) is 38.8. The molecule has 0 atom stereocenters. The minimum absolute atomic E-state index is 0.293. The number of aromatic nitrogens is 1. The summed E-state index contributed by atoms with van der Waals surface area (Å²) in [7, 11) is 1.29. The number of pyridine rings is 1. The normalized spacial score (nSPS) is 9.88. The number of esters is 1. The van der Waals surface area contributed by atoms with E-state index in [1.165, 1.54) is 19.2 Å². The molecule has 1 heterocycles. The number of nitrogens with zero attached hydrogens (tertiary/aromatic N) is 1. The molecule has 2 amide bonds. The number of hydrogen-bond donors (Lipinski definition) is 2. The molecule has 7 heteroatoms. The maximum Gasteiger partial charge on any atom is 0.337 e. The lowest BCUT2D eigenvalue weighted by Crippen LogP contribution is -2.27. The molecule has 0 aliphatic carbocycles. The highest BCUT2D eigenvalue weighted by Gasteiger charge is 2.10. The standard InChI is InChI=1S/C17H17N3O4/c1-24-17(23)13-4-6-14(7-5-13)20-16(22)9-15(21)19-11-12-3-2-8-18-10-12/h2-8,10H,9,11H2,1H3,(H,19,21)(H,20,22). The number of carbonyl (C=O) groups is 3. The van der Waals surface area contributed by atoms with E-state index in [1.807, 2.05) is 6.07 Å². The molecule has 0 spiro atoms. The summed E-state index contributed by atoms with van der Waals surface area (Å²) in [6.07, 6.45) is 2.99. The van der Waals surface area contributed by atoms with E-state index in [2.05, 4.69) is 20.4 Å². The molecule has 0 radical (unpaired) electrons. The van der Waals surface area contributed by atoms with Crippen LogP contribution in [-0.2, 0) is 20.9 Å². The van der Waals surface area contributed by atoms with Crippen molar-refractivity contribution in [1.29, 1.82) is 0 Å². The summed E-state index contributed by atoms with van der Waals surface area (Å²) in [5, 5.41) is 5.24. The highest BCUT2D eigenvalue weighted by molar-refractivity contribution is 6.03. The Labute approximate surface area is 139 Å². The predicted molar refractivity (Wildman–Crippen MR) is 87.1 cm³/mol. The fourth-order valence-corrected chi connectivity index (χ4v) is 1.92. The second kappa shape index (κ2) is 8.42. The third-order valence-electron chi connectivity index (χ3n) is 3.12. The Bertz CT molecular complexity index is 714. The van der Waals surface area contributed by atoms with Gasteiger partial charge in [-0.25, -0.2) is 4.79 Å². The first-order chi connectivity index (χ1) is 11.6. The molecule has 0 saturated carbocycles. The zero-order chi connectivity index (χ0) is 17.4. The predicted octanol–water partition coefficient (Wildman–Crippen LogP) is 1.51. The van der Waals surface area contributed by atoms with Crippen LogP contribution in [0.3, 0.4) is 0 Å². The summed E-state index contributed by atoms with van der Waals surface area (Å²) >= 11 is 0. The van der Waals surface area contributed by atoms with Gasteiger partial charge in [-0.05, 0) is 35.9 Å². The van der Waals surface area contributed by atoms with Gasteiger partial charge in [-0.15, -0.1) is 0 Å². The molecule has 1 aromatic carbocycles. The molecule has 7 nitrogen and oxygen atoms in total. The monoisotopic (exact) mass is 327 g/mol. The minimum Gasteiger partial charge on any atom is -0.465 e. The van der Waals surface area contributed by atoms with Gasteiger partial charge in [0.15, 0.2) is 0 Å². The van der Waals surface area contributed by atoms with Crippen molar-refractivity contribution in [3.8, 4) is 0 Å². The molecule has 0 unspecified atom stereocenters. The molecule has 1 aromatic heterocycles. The lowest BCUT2D eigenvalue weighted by Gasteiger charge is -2.07. The molecule has 0 saturated heterocycles. The van der Waals surface area contributed by atoms with Gasteiger partial charge in [0.25, 0.3) is 0 Å². The molecule has 0 aliphatic heterocycles. The highest BCUT2D eigenvalue weighted by Crippen LogP contribution is 2.10. The van der Waals surface area contributed by atoms with Crippen LogP contribution in [-0.4, -0.2) is 29.9 Å². The van der Waals surface area contributed by atoms with Crippen molar-refractivity contribution in [2.75, 3.05) is 12.4 Å². The Morgan fingerprint density at radius 2 is 1.83 bits per heavy atom. The number of rotatable bonds is 6. The highest BCUT2D eigenvalue weighted by atomic mass is 16.5. The van der Waals surface area contributed by atoms with Gasteiger partial charge < -0.3 is 15.4 Å². The number of ether oxygens (including phenoxy) is 1. The van der Waals surface area contributed by atoms with Gasteiger partial charge in [0.05, 0.1) is 12.7 Å². The number of benzene rings is 1. The van der Waals surface area contributed by atoms with Crippen molar-refractivity contribution < 1.29 is 19.1 Å². The number of methoxy groups -OCH3 is 1. The van der Waals surface area contributed by atoms with Gasteiger partial charge in [0.2, 0.25) is 11.8 Å². The SMILES string of the molecule is COC(=O)c1ccc(NC(=O)CC(=O)NCc2cccnc2)cc1. The van der Waals surface area contributed by atoms with E-state index in [0.29, 0.717) is 17.8 Å². The fourth-order valence-electron chi connectivity index (χ4n) is 1.92. The lowest BCUT2D eigenvalue weighted by atomic mass is 10.2. The van der Waals surface area contributed by atoms with E-state index < -0.39 is 11.9 Å². The third-order valence-corrected chi connectivity index (χ3v) is 3.12. The van der Waals surface area contributed by atoms with Crippen LogP contribution in [0.15, 0.2) is 48.8 Å². The van der Waals surface area contributed by atoms with E-state index in [4.69, 9.17) is 0 Å². The Morgan fingerprint density at radius 1 is 1.08 bits per heavy atom. The second-order valence-corrected chi connectivity index (χ2v) is 4.93. The number of hydrogen-bond acceptors (Lipinski definition) is 5. The number of carbonyl (C=O) groups excluding carboxylic acids is 3. The fraction of sp³-hybridized carbons (Fsp3) is 0.176. The van der Waals surface area contributed by atoms with Crippen LogP contribution < -0.4 is 10.6 Å². The van der Waals surface area contributed by atoms with Crippen molar-refractivity contribution in [3.05, 3.63) is 59.9 Å². The quantitative estimate of drug-likeness (QED) is 0.619. The molecule has 2 N–H and O–H groups in total. The average molecular weight is 327 g/mol. The third kappa shape index (κ3) is 5.20. The summed E-state index contributed by atoms with van der Waals surface area (Å²) in [5.74, 6) is -1.28. The Balaban J connectivity index is 1.80.